The van der Waals surface area contributed by atoms with Crippen molar-refractivity contribution in [3.63, 3.8) is 0 Å². The molecule has 148 valence electrons. The summed E-state index contributed by atoms with van der Waals surface area (Å²) in [6.45, 7) is 9.51. The number of hydrogen-bond donors (Lipinski definition) is 1. The number of benzene rings is 2. The second-order valence-electron chi connectivity index (χ2n) is 7.70. The Morgan fingerprint density at radius 1 is 1.11 bits per heavy atom. The summed E-state index contributed by atoms with van der Waals surface area (Å²) in [5, 5.41) is 2.00. The highest BCUT2D eigenvalue weighted by atomic mass is 35.5. The number of hydrogen-bond acceptors (Lipinski definition) is 3. The minimum absolute atomic E-state index is 0.144. The van der Waals surface area contributed by atoms with Gasteiger partial charge in [-0.2, -0.15) is 0 Å². The van der Waals surface area contributed by atoms with E-state index in [1.165, 1.54) is 22.2 Å². The maximum absolute atomic E-state index is 6.25. The second kappa shape index (κ2) is 8.46. The van der Waals surface area contributed by atoms with Gasteiger partial charge < -0.3 is 14.6 Å². The molecule has 1 atom stereocenters. The van der Waals surface area contributed by atoms with Crippen molar-refractivity contribution in [2.24, 2.45) is 0 Å². The average Bonchev–Trinajstić information content (AvgIpc) is 3.18. The van der Waals surface area contributed by atoms with Crippen LogP contribution in [0, 0.1) is 6.92 Å². The summed E-state index contributed by atoms with van der Waals surface area (Å²) in [4.78, 5) is 8.34. The average molecular weight is 398 g/mol. The molecule has 28 heavy (non-hydrogen) atoms. The quantitative estimate of drug-likeness (QED) is 0.627. The zero-order chi connectivity index (χ0) is 19.5. The Hall–Kier alpha value is -2.17. The molecule has 1 aliphatic rings. The third-order valence-corrected chi connectivity index (χ3v) is 5.86. The van der Waals surface area contributed by atoms with Crippen LogP contribution in [-0.2, 0) is 0 Å². The molecule has 1 fully saturated rings. The first-order chi connectivity index (χ1) is 13.6. The van der Waals surface area contributed by atoms with E-state index in [-0.39, 0.29) is 6.10 Å². The van der Waals surface area contributed by atoms with Gasteiger partial charge in [0.1, 0.15) is 5.75 Å². The second-order valence-corrected chi connectivity index (χ2v) is 8.10. The normalized spacial score (nSPS) is 16.5. The largest absolute Gasteiger partial charge is 0.489 e. The first-order valence-electron chi connectivity index (χ1n) is 10.1. The minimum atomic E-state index is 0.144. The van der Waals surface area contributed by atoms with Crippen LogP contribution in [0.1, 0.15) is 18.9 Å². The van der Waals surface area contributed by atoms with Gasteiger partial charge in [-0.05, 0) is 56.2 Å². The molecule has 2 heterocycles. The number of H-pyrrole nitrogens is 1. The Morgan fingerprint density at radius 2 is 1.93 bits per heavy atom. The zero-order valence-corrected chi connectivity index (χ0v) is 17.4. The molecule has 0 radical (unpaired) electrons. The highest BCUT2D eigenvalue weighted by molar-refractivity contribution is 6.32. The van der Waals surface area contributed by atoms with Gasteiger partial charge in [-0.15, -0.1) is 0 Å². The molecular formula is C23H28ClN3O. The molecule has 2 aromatic carbocycles. The maximum Gasteiger partial charge on any atom is 0.138 e. The lowest BCUT2D eigenvalue weighted by Gasteiger charge is -2.36. The van der Waals surface area contributed by atoms with E-state index in [1.54, 1.807) is 0 Å². The maximum atomic E-state index is 6.25. The Kier molecular flexibility index (Phi) is 5.79. The van der Waals surface area contributed by atoms with E-state index < -0.39 is 0 Å². The van der Waals surface area contributed by atoms with E-state index in [9.17, 15) is 0 Å². The lowest BCUT2D eigenvalue weighted by molar-refractivity contribution is 0.172. The third-order valence-electron chi connectivity index (χ3n) is 5.55. The molecular weight excluding hydrogens is 370 g/mol. The SMILES string of the molecule is Cc1ccc(Cl)c(OC(C)CCN2CCN(c3cccc4[nH]ccc34)CC2)c1. The Labute approximate surface area is 172 Å². The van der Waals surface area contributed by atoms with Crippen LogP contribution in [0.3, 0.4) is 0 Å². The standard InChI is InChI=1S/C23H28ClN3O/c1-17-6-7-20(24)23(16-17)28-18(2)9-11-26-12-14-27(15-13-26)22-5-3-4-21-19(22)8-10-25-21/h3-8,10,16,18,25H,9,11-15H2,1-2H3. The molecule has 4 rings (SSSR count). The van der Waals surface area contributed by atoms with Gasteiger partial charge in [0.2, 0.25) is 0 Å². The highest BCUT2D eigenvalue weighted by Crippen LogP contribution is 2.28. The summed E-state index contributed by atoms with van der Waals surface area (Å²) in [7, 11) is 0. The molecule has 0 aliphatic carbocycles. The molecule has 5 heteroatoms. The summed E-state index contributed by atoms with van der Waals surface area (Å²) in [6.07, 6.45) is 3.16. The molecule has 1 aliphatic heterocycles. The number of nitrogens with one attached hydrogen (secondary N) is 1. The summed E-state index contributed by atoms with van der Waals surface area (Å²) in [6, 6.07) is 14.6. The third kappa shape index (κ3) is 4.29. The van der Waals surface area contributed by atoms with Crippen LogP contribution in [0.4, 0.5) is 5.69 Å². The van der Waals surface area contributed by atoms with Crippen LogP contribution < -0.4 is 9.64 Å². The van der Waals surface area contributed by atoms with Crippen LogP contribution in [0.5, 0.6) is 5.75 Å². The fraction of sp³-hybridized carbons (Fsp3) is 0.391. The van der Waals surface area contributed by atoms with Gasteiger partial charge in [-0.3, -0.25) is 4.90 Å². The monoisotopic (exact) mass is 397 g/mol. The molecule has 0 bridgehead atoms. The van der Waals surface area contributed by atoms with Crippen molar-refractivity contribution in [1.29, 1.82) is 0 Å². The number of fused-ring (bicyclic) bond motifs is 1. The van der Waals surface area contributed by atoms with E-state index in [0.717, 1.165) is 44.9 Å². The first-order valence-corrected chi connectivity index (χ1v) is 10.4. The van der Waals surface area contributed by atoms with Crippen molar-refractivity contribution in [3.8, 4) is 5.75 Å². The summed E-state index contributed by atoms with van der Waals surface area (Å²) >= 11 is 6.25. The zero-order valence-electron chi connectivity index (χ0n) is 16.6. The van der Waals surface area contributed by atoms with Crippen LogP contribution in [0.15, 0.2) is 48.7 Å². The lowest BCUT2D eigenvalue weighted by Crippen LogP contribution is -2.47. The number of aromatic amines is 1. The Balaban J connectivity index is 1.28. The molecule has 1 N–H and O–H groups in total. The van der Waals surface area contributed by atoms with Crippen molar-refractivity contribution in [2.75, 3.05) is 37.6 Å². The number of aromatic nitrogens is 1. The minimum Gasteiger partial charge on any atom is -0.489 e. The van der Waals surface area contributed by atoms with Gasteiger partial charge >= 0.3 is 0 Å². The summed E-state index contributed by atoms with van der Waals surface area (Å²) in [5.74, 6) is 0.790. The van der Waals surface area contributed by atoms with Gasteiger partial charge in [0.15, 0.2) is 0 Å². The lowest BCUT2D eigenvalue weighted by atomic mass is 10.1. The molecule has 0 amide bonds. The fourth-order valence-corrected chi connectivity index (χ4v) is 4.06. The number of aryl methyl sites for hydroxylation is 1. The molecule has 3 aromatic rings. The van der Waals surface area contributed by atoms with Crippen molar-refractivity contribution < 1.29 is 4.74 Å². The number of piperazine rings is 1. The predicted molar refractivity (Wildman–Crippen MR) is 118 cm³/mol. The predicted octanol–water partition coefficient (Wildman–Crippen LogP) is 5.11. The summed E-state index contributed by atoms with van der Waals surface area (Å²) in [5.41, 5.74) is 3.71. The van der Waals surface area contributed by atoms with Gasteiger partial charge in [0, 0.05) is 55.5 Å². The van der Waals surface area contributed by atoms with E-state index >= 15 is 0 Å². The van der Waals surface area contributed by atoms with Crippen LogP contribution >= 0.6 is 11.6 Å². The van der Waals surface area contributed by atoms with Gasteiger partial charge in [0.05, 0.1) is 11.1 Å². The van der Waals surface area contributed by atoms with E-state index in [4.69, 9.17) is 16.3 Å². The fourth-order valence-electron chi connectivity index (χ4n) is 3.90. The highest BCUT2D eigenvalue weighted by Gasteiger charge is 2.19. The topological polar surface area (TPSA) is 31.5 Å². The van der Waals surface area contributed by atoms with Gasteiger partial charge in [0.25, 0.3) is 0 Å². The molecule has 1 aromatic heterocycles. The Morgan fingerprint density at radius 3 is 2.75 bits per heavy atom. The van der Waals surface area contributed by atoms with Crippen LogP contribution in [-0.4, -0.2) is 48.7 Å². The molecule has 0 saturated carbocycles. The van der Waals surface area contributed by atoms with Crippen molar-refractivity contribution in [3.05, 3.63) is 59.2 Å². The molecule has 0 spiro atoms. The number of rotatable bonds is 6. The van der Waals surface area contributed by atoms with Crippen molar-refractivity contribution >= 4 is 28.2 Å². The number of halogens is 1. The van der Waals surface area contributed by atoms with Crippen molar-refractivity contribution in [2.45, 2.75) is 26.4 Å². The van der Waals surface area contributed by atoms with Gasteiger partial charge in [-0.25, -0.2) is 0 Å². The smallest absolute Gasteiger partial charge is 0.138 e. The molecule has 4 nitrogen and oxygen atoms in total. The number of anilines is 1. The van der Waals surface area contributed by atoms with Crippen LogP contribution in [0.2, 0.25) is 5.02 Å². The Bertz CT molecular complexity index is 930. The van der Waals surface area contributed by atoms with Crippen LogP contribution in [0.25, 0.3) is 10.9 Å². The molecule has 1 saturated heterocycles. The van der Waals surface area contributed by atoms with Crippen molar-refractivity contribution in [1.82, 2.24) is 9.88 Å². The number of nitrogens with zero attached hydrogens (tertiary/aromatic N) is 2. The molecule has 1 unspecified atom stereocenters. The first kappa shape index (κ1) is 19.2. The number of ether oxygens (including phenoxy) is 1. The van der Waals surface area contributed by atoms with E-state index in [1.807, 2.05) is 24.4 Å². The summed E-state index contributed by atoms with van der Waals surface area (Å²) < 4.78 is 6.07. The van der Waals surface area contributed by atoms with Gasteiger partial charge in [-0.1, -0.05) is 23.7 Å². The van der Waals surface area contributed by atoms with E-state index in [0.29, 0.717) is 5.02 Å². The van der Waals surface area contributed by atoms with E-state index in [2.05, 4.69) is 52.9 Å².